The molecular weight excluding hydrogens is 60.1 g/mol. The fourth-order valence-corrected chi connectivity index (χ4v) is 0.332. The van der Waals surface area contributed by atoms with Gasteiger partial charge < -0.3 is 0 Å². The minimum atomic E-state index is 0.898. The Kier molecular flexibility index (Phi) is 0.503. The fourth-order valence-electron chi connectivity index (χ4n) is 0.332. The number of allylic oxidation sites excluding steroid dienone is 1. The topological polar surface area (TPSA) is 0 Å². The van der Waals surface area contributed by atoms with Gasteiger partial charge in [-0.3, -0.25) is 0 Å². The van der Waals surface area contributed by atoms with E-state index in [0.29, 0.717) is 0 Å². The van der Waals surface area contributed by atoms with Crippen molar-refractivity contribution >= 4 is 0 Å². The van der Waals surface area contributed by atoms with E-state index in [4.69, 9.17) is 0 Å². The van der Waals surface area contributed by atoms with Crippen LogP contribution in [0.25, 0.3) is 0 Å². The molecule has 0 aromatic heterocycles. The summed E-state index contributed by atoms with van der Waals surface area (Å²) in [6, 6.07) is 0. The van der Waals surface area contributed by atoms with E-state index in [1.807, 2.05) is 6.08 Å². The maximum Gasteiger partial charge on any atom is -0.0236 e. The molecule has 0 bridgehead atoms. The van der Waals surface area contributed by atoms with Gasteiger partial charge in [-0.05, 0) is 18.8 Å². The van der Waals surface area contributed by atoms with Crippen molar-refractivity contribution < 1.29 is 0 Å². The van der Waals surface area contributed by atoms with Gasteiger partial charge in [-0.15, -0.1) is 6.58 Å². The highest BCUT2D eigenvalue weighted by atomic mass is 14.2. The summed E-state index contributed by atoms with van der Waals surface area (Å²) in [4.78, 5) is 0. The standard InChI is InChI=1S/C5H8/c1-2-5-3-4-5/h2,5H,1,3-4H2. The lowest BCUT2D eigenvalue weighted by molar-refractivity contribution is 1.13. The first kappa shape index (κ1) is 2.95. The number of rotatable bonds is 1. The molecule has 1 rings (SSSR count). The summed E-state index contributed by atoms with van der Waals surface area (Å²) in [6.07, 6.45) is 4.81. The van der Waals surface area contributed by atoms with E-state index in [2.05, 4.69) is 6.58 Å². The average Bonchev–Trinajstić information content (AvgIpc) is 2.12. The second kappa shape index (κ2) is 0.852. The summed E-state index contributed by atoms with van der Waals surface area (Å²) >= 11 is 0. The lowest BCUT2D eigenvalue weighted by Crippen LogP contribution is -1.50. The second-order valence-electron chi connectivity index (χ2n) is 1.57. The molecule has 0 amide bonds. The molecule has 0 spiro atoms. The molecule has 0 saturated heterocycles. The molecule has 1 aliphatic rings. The summed E-state index contributed by atoms with van der Waals surface area (Å²) in [6.45, 7) is 3.62. The quantitative estimate of drug-likeness (QED) is 0.409. The van der Waals surface area contributed by atoms with Gasteiger partial charge in [-0.1, -0.05) is 6.08 Å². The first-order chi connectivity index (χ1) is 2.43. The monoisotopic (exact) mass is 68.1 g/mol. The summed E-state index contributed by atoms with van der Waals surface area (Å²) in [5.74, 6) is 0.898. The van der Waals surface area contributed by atoms with Crippen LogP contribution in [-0.4, -0.2) is 0 Å². The Labute approximate surface area is 32.5 Å². The second-order valence-corrected chi connectivity index (χ2v) is 1.57. The maximum absolute atomic E-state index is 3.62. The van der Waals surface area contributed by atoms with Crippen LogP contribution < -0.4 is 0 Å². The van der Waals surface area contributed by atoms with E-state index in [1.54, 1.807) is 0 Å². The van der Waals surface area contributed by atoms with E-state index in [-0.39, 0.29) is 0 Å². The molecule has 1 aliphatic carbocycles. The van der Waals surface area contributed by atoms with Gasteiger partial charge in [0.2, 0.25) is 0 Å². The smallest absolute Gasteiger partial charge is 0.0236 e. The van der Waals surface area contributed by atoms with Crippen LogP contribution >= 0.6 is 0 Å². The molecule has 0 aromatic rings. The Morgan fingerprint density at radius 3 is 2.20 bits per heavy atom. The van der Waals surface area contributed by atoms with Gasteiger partial charge >= 0.3 is 0 Å². The zero-order valence-corrected chi connectivity index (χ0v) is 3.28. The zero-order valence-electron chi connectivity index (χ0n) is 3.28. The summed E-state index contributed by atoms with van der Waals surface area (Å²) < 4.78 is 0. The lowest BCUT2D eigenvalue weighted by atomic mass is 10.4. The van der Waals surface area contributed by atoms with Crippen LogP contribution in [0.2, 0.25) is 0 Å². The van der Waals surface area contributed by atoms with E-state index in [0.717, 1.165) is 5.92 Å². The maximum atomic E-state index is 3.62. The van der Waals surface area contributed by atoms with Crippen LogP contribution in [-0.2, 0) is 0 Å². The van der Waals surface area contributed by atoms with Gasteiger partial charge in [-0.2, -0.15) is 0 Å². The minimum absolute atomic E-state index is 0.898. The van der Waals surface area contributed by atoms with Crippen molar-refractivity contribution in [3.8, 4) is 0 Å². The van der Waals surface area contributed by atoms with Crippen molar-refractivity contribution in [3.05, 3.63) is 12.7 Å². The number of hydrogen-bond donors (Lipinski definition) is 0. The number of hydrogen-bond acceptors (Lipinski definition) is 0. The van der Waals surface area contributed by atoms with Crippen LogP contribution in [0.3, 0.4) is 0 Å². The van der Waals surface area contributed by atoms with Crippen molar-refractivity contribution in [3.63, 3.8) is 0 Å². The molecule has 0 atom stereocenters. The normalized spacial score (nSPS) is 22.4. The van der Waals surface area contributed by atoms with E-state index in [1.165, 1.54) is 12.8 Å². The molecule has 0 heterocycles. The lowest BCUT2D eigenvalue weighted by Gasteiger charge is -1.63. The first-order valence-electron chi connectivity index (χ1n) is 2.06. The molecule has 0 radical (unpaired) electrons. The van der Waals surface area contributed by atoms with Crippen LogP contribution in [0.5, 0.6) is 0 Å². The van der Waals surface area contributed by atoms with Crippen LogP contribution in [0.15, 0.2) is 12.7 Å². The molecule has 0 heteroatoms. The highest BCUT2D eigenvalue weighted by Gasteiger charge is 2.15. The van der Waals surface area contributed by atoms with Crippen molar-refractivity contribution in [1.29, 1.82) is 0 Å². The molecule has 0 unspecified atom stereocenters. The predicted octanol–water partition coefficient (Wildman–Crippen LogP) is 1.58. The molecule has 5 heavy (non-hydrogen) atoms. The van der Waals surface area contributed by atoms with Gasteiger partial charge in [-0.25, -0.2) is 0 Å². The molecule has 1 saturated carbocycles. The Hall–Kier alpha value is -0.260. The Morgan fingerprint density at radius 1 is 1.60 bits per heavy atom. The molecule has 28 valence electrons. The van der Waals surface area contributed by atoms with Gasteiger partial charge in [0.25, 0.3) is 0 Å². The molecular formula is C5H8. The average molecular weight is 68.1 g/mol. The van der Waals surface area contributed by atoms with Gasteiger partial charge in [0, 0.05) is 0 Å². The molecule has 0 aliphatic heterocycles. The van der Waals surface area contributed by atoms with Crippen LogP contribution in [0.1, 0.15) is 12.8 Å². The van der Waals surface area contributed by atoms with Crippen molar-refractivity contribution in [2.75, 3.05) is 0 Å². The van der Waals surface area contributed by atoms with Crippen molar-refractivity contribution in [2.24, 2.45) is 5.92 Å². The van der Waals surface area contributed by atoms with Gasteiger partial charge in [0.1, 0.15) is 0 Å². The Balaban J connectivity index is 2.21. The van der Waals surface area contributed by atoms with E-state index in [9.17, 15) is 0 Å². The molecule has 0 aromatic carbocycles. The highest BCUT2D eigenvalue weighted by molar-refractivity contribution is 4.88. The highest BCUT2D eigenvalue weighted by Crippen LogP contribution is 2.28. The summed E-state index contributed by atoms with van der Waals surface area (Å²) in [5, 5.41) is 0. The Bertz CT molecular complexity index is 42.0. The third-order valence-corrected chi connectivity index (χ3v) is 0.955. The third-order valence-electron chi connectivity index (χ3n) is 0.955. The van der Waals surface area contributed by atoms with Gasteiger partial charge in [0.15, 0.2) is 0 Å². The van der Waals surface area contributed by atoms with E-state index < -0.39 is 0 Å². The van der Waals surface area contributed by atoms with Crippen molar-refractivity contribution in [1.82, 2.24) is 0 Å². The van der Waals surface area contributed by atoms with Crippen LogP contribution in [0, 0.1) is 5.92 Å². The minimum Gasteiger partial charge on any atom is -0.103 e. The van der Waals surface area contributed by atoms with Gasteiger partial charge in [0.05, 0.1) is 0 Å². The summed E-state index contributed by atoms with van der Waals surface area (Å²) in [5.41, 5.74) is 0. The Morgan fingerprint density at radius 2 is 2.20 bits per heavy atom. The van der Waals surface area contributed by atoms with E-state index >= 15 is 0 Å². The zero-order chi connectivity index (χ0) is 3.70. The molecule has 1 fully saturated rings. The fraction of sp³-hybridized carbons (Fsp3) is 0.600. The SMILES string of the molecule is C=CC1CC1. The van der Waals surface area contributed by atoms with Crippen LogP contribution in [0.4, 0.5) is 0 Å². The molecule has 0 N–H and O–H groups in total. The third kappa shape index (κ3) is 0.504. The first-order valence-corrected chi connectivity index (χ1v) is 2.06. The van der Waals surface area contributed by atoms with Crippen molar-refractivity contribution in [2.45, 2.75) is 12.8 Å². The molecule has 0 nitrogen and oxygen atoms in total. The predicted molar refractivity (Wildman–Crippen MR) is 22.9 cm³/mol. The largest absolute Gasteiger partial charge is 0.103 e. The summed E-state index contributed by atoms with van der Waals surface area (Å²) in [7, 11) is 0.